The molecule has 2 rings (SSSR count). The van der Waals surface area contributed by atoms with Crippen LogP contribution in [0.2, 0.25) is 0 Å². The maximum atomic E-state index is 11.4. The van der Waals surface area contributed by atoms with Gasteiger partial charge in [0, 0.05) is 23.6 Å². The lowest BCUT2D eigenvalue weighted by Crippen LogP contribution is -2.25. The molecule has 0 saturated heterocycles. The molecular weight excluding hydrogens is 270 g/mol. The van der Waals surface area contributed by atoms with Crippen molar-refractivity contribution in [3.63, 3.8) is 0 Å². The molecule has 0 unspecified atom stereocenters. The van der Waals surface area contributed by atoms with E-state index in [0.29, 0.717) is 0 Å². The Bertz CT molecular complexity index is 443. The number of halogens is 1. The van der Waals surface area contributed by atoms with Crippen LogP contribution in [0.1, 0.15) is 31.1 Å². The molecule has 3 nitrogen and oxygen atoms in total. The zero-order valence-electron chi connectivity index (χ0n) is 9.33. The molecule has 4 heteroatoms. The van der Waals surface area contributed by atoms with Crippen molar-refractivity contribution in [3.8, 4) is 0 Å². The van der Waals surface area contributed by atoms with Gasteiger partial charge in [0.15, 0.2) is 0 Å². The minimum absolute atomic E-state index is 0.0533. The lowest BCUT2D eigenvalue weighted by Gasteiger charge is -2.17. The van der Waals surface area contributed by atoms with E-state index in [2.05, 4.69) is 15.9 Å². The third kappa shape index (κ3) is 1.87. The van der Waals surface area contributed by atoms with E-state index >= 15 is 0 Å². The van der Waals surface area contributed by atoms with E-state index in [9.17, 15) is 9.90 Å². The Morgan fingerprint density at radius 1 is 1.56 bits per heavy atom. The molecule has 0 radical (unpaired) electrons. The molecule has 1 atom stereocenters. The van der Waals surface area contributed by atoms with Crippen LogP contribution in [-0.2, 0) is 11.2 Å². The van der Waals surface area contributed by atoms with Crippen molar-refractivity contribution in [1.29, 1.82) is 0 Å². The van der Waals surface area contributed by atoms with Gasteiger partial charge in [0.1, 0.15) is 0 Å². The topological polar surface area (TPSA) is 40.5 Å². The average molecular weight is 284 g/mol. The Hall–Kier alpha value is -0.870. The third-order valence-corrected chi connectivity index (χ3v) is 3.61. The first-order valence-electron chi connectivity index (χ1n) is 5.29. The number of fused-ring (bicyclic) bond motifs is 1. The highest BCUT2D eigenvalue weighted by Crippen LogP contribution is 2.35. The number of amides is 1. The minimum Gasteiger partial charge on any atom is -0.389 e. The second-order valence-corrected chi connectivity index (χ2v) is 4.95. The highest BCUT2D eigenvalue weighted by atomic mass is 79.9. The normalized spacial score (nSPS) is 16.1. The van der Waals surface area contributed by atoms with E-state index in [4.69, 9.17) is 0 Å². The smallest absolute Gasteiger partial charge is 0.223 e. The van der Waals surface area contributed by atoms with Crippen LogP contribution in [0, 0.1) is 0 Å². The van der Waals surface area contributed by atoms with Crippen molar-refractivity contribution in [2.24, 2.45) is 0 Å². The fraction of sp³-hybridized carbons (Fsp3) is 0.417. The molecule has 1 heterocycles. The molecule has 0 aliphatic carbocycles. The highest BCUT2D eigenvalue weighted by molar-refractivity contribution is 9.10. The standard InChI is InChI=1S/C12H14BrNO2/c1-7(15)10-6-12-9(5-11(10)13)3-4-14(12)8(2)16/h5-7,15H,3-4H2,1-2H3/t7-/m1/s1. The zero-order chi connectivity index (χ0) is 11.9. The second kappa shape index (κ2) is 4.18. The molecular formula is C12H14BrNO2. The van der Waals surface area contributed by atoms with Gasteiger partial charge in [-0.3, -0.25) is 4.79 Å². The number of anilines is 1. The number of rotatable bonds is 1. The third-order valence-electron chi connectivity index (χ3n) is 2.92. The SMILES string of the molecule is CC(=O)N1CCc2cc(Br)c([C@@H](C)O)cc21. The molecule has 1 aliphatic heterocycles. The van der Waals surface area contributed by atoms with Gasteiger partial charge in [0.2, 0.25) is 5.91 Å². The summed E-state index contributed by atoms with van der Waals surface area (Å²) in [5, 5.41) is 9.63. The van der Waals surface area contributed by atoms with Crippen LogP contribution >= 0.6 is 15.9 Å². The molecule has 1 N–H and O–H groups in total. The average Bonchev–Trinajstić information content (AvgIpc) is 2.58. The molecule has 0 bridgehead atoms. The Kier molecular flexibility index (Phi) is 3.04. The van der Waals surface area contributed by atoms with Gasteiger partial charge < -0.3 is 10.0 Å². The molecule has 0 fully saturated rings. The summed E-state index contributed by atoms with van der Waals surface area (Å²) in [6, 6.07) is 3.90. The number of carbonyl (C=O) groups is 1. The second-order valence-electron chi connectivity index (χ2n) is 4.10. The molecule has 16 heavy (non-hydrogen) atoms. The van der Waals surface area contributed by atoms with Crippen LogP contribution in [-0.4, -0.2) is 17.6 Å². The lowest BCUT2D eigenvalue weighted by molar-refractivity contribution is -0.116. The van der Waals surface area contributed by atoms with Crippen molar-refractivity contribution in [2.45, 2.75) is 26.4 Å². The Balaban J connectivity index is 2.50. The summed E-state index contributed by atoms with van der Waals surface area (Å²) >= 11 is 3.44. The Labute approximate surface area is 103 Å². The van der Waals surface area contributed by atoms with Crippen LogP contribution in [0.15, 0.2) is 16.6 Å². The number of benzene rings is 1. The number of hydrogen-bond acceptors (Lipinski definition) is 2. The van der Waals surface area contributed by atoms with Gasteiger partial charge in [-0.1, -0.05) is 15.9 Å². The van der Waals surface area contributed by atoms with Crippen LogP contribution in [0.25, 0.3) is 0 Å². The molecule has 1 aromatic rings. The predicted octanol–water partition coefficient (Wildman–Crippen LogP) is 2.41. The summed E-state index contributed by atoms with van der Waals surface area (Å²) in [4.78, 5) is 13.2. The van der Waals surface area contributed by atoms with E-state index in [0.717, 1.165) is 34.3 Å². The quantitative estimate of drug-likeness (QED) is 0.860. The molecule has 0 aromatic heterocycles. The fourth-order valence-corrected chi connectivity index (χ4v) is 2.79. The number of carbonyl (C=O) groups excluding carboxylic acids is 1. The largest absolute Gasteiger partial charge is 0.389 e. The molecule has 1 aromatic carbocycles. The van der Waals surface area contributed by atoms with Gasteiger partial charge >= 0.3 is 0 Å². The van der Waals surface area contributed by atoms with E-state index in [1.54, 1.807) is 18.7 Å². The van der Waals surface area contributed by atoms with Crippen molar-refractivity contribution >= 4 is 27.5 Å². The van der Waals surface area contributed by atoms with Gasteiger partial charge in [-0.15, -0.1) is 0 Å². The maximum absolute atomic E-state index is 11.4. The van der Waals surface area contributed by atoms with E-state index in [1.165, 1.54) is 0 Å². The molecule has 1 aliphatic rings. The van der Waals surface area contributed by atoms with E-state index in [-0.39, 0.29) is 5.91 Å². The summed E-state index contributed by atoms with van der Waals surface area (Å²) in [5.74, 6) is 0.0533. The Morgan fingerprint density at radius 3 is 2.81 bits per heavy atom. The molecule has 0 saturated carbocycles. The first-order chi connectivity index (χ1) is 7.50. The van der Waals surface area contributed by atoms with E-state index < -0.39 is 6.10 Å². The molecule has 0 spiro atoms. The van der Waals surface area contributed by atoms with Gasteiger partial charge in [0.05, 0.1) is 6.10 Å². The van der Waals surface area contributed by atoms with Crippen LogP contribution < -0.4 is 4.90 Å². The van der Waals surface area contributed by atoms with Crippen LogP contribution in [0.4, 0.5) is 5.69 Å². The van der Waals surface area contributed by atoms with Crippen molar-refractivity contribution in [1.82, 2.24) is 0 Å². The monoisotopic (exact) mass is 283 g/mol. The van der Waals surface area contributed by atoms with E-state index in [1.807, 2.05) is 12.1 Å². The summed E-state index contributed by atoms with van der Waals surface area (Å²) in [6.45, 7) is 4.03. The summed E-state index contributed by atoms with van der Waals surface area (Å²) in [7, 11) is 0. The summed E-state index contributed by atoms with van der Waals surface area (Å²) in [6.07, 6.45) is 0.349. The summed E-state index contributed by atoms with van der Waals surface area (Å²) < 4.78 is 0.909. The Morgan fingerprint density at radius 2 is 2.25 bits per heavy atom. The first kappa shape index (κ1) is 11.6. The number of hydrogen-bond donors (Lipinski definition) is 1. The van der Waals surface area contributed by atoms with Gasteiger partial charge in [-0.05, 0) is 36.6 Å². The lowest BCUT2D eigenvalue weighted by atomic mass is 10.1. The number of aliphatic hydroxyl groups excluding tert-OH is 1. The molecule has 86 valence electrons. The molecule has 1 amide bonds. The van der Waals surface area contributed by atoms with Crippen molar-refractivity contribution < 1.29 is 9.90 Å². The summed E-state index contributed by atoms with van der Waals surface area (Å²) in [5.41, 5.74) is 2.92. The zero-order valence-corrected chi connectivity index (χ0v) is 10.9. The first-order valence-corrected chi connectivity index (χ1v) is 6.08. The van der Waals surface area contributed by atoms with Gasteiger partial charge in [-0.25, -0.2) is 0 Å². The predicted molar refractivity (Wildman–Crippen MR) is 66.5 cm³/mol. The van der Waals surface area contributed by atoms with Crippen LogP contribution in [0.3, 0.4) is 0 Å². The van der Waals surface area contributed by atoms with Gasteiger partial charge in [0.25, 0.3) is 0 Å². The van der Waals surface area contributed by atoms with Crippen LogP contribution in [0.5, 0.6) is 0 Å². The number of aliphatic hydroxyl groups is 1. The van der Waals surface area contributed by atoms with Gasteiger partial charge in [-0.2, -0.15) is 0 Å². The maximum Gasteiger partial charge on any atom is 0.223 e. The number of nitrogens with zero attached hydrogens (tertiary/aromatic N) is 1. The highest BCUT2D eigenvalue weighted by Gasteiger charge is 2.24. The van der Waals surface area contributed by atoms with Crippen molar-refractivity contribution in [3.05, 3.63) is 27.7 Å². The fourth-order valence-electron chi connectivity index (χ4n) is 2.07. The minimum atomic E-state index is -0.533. The van der Waals surface area contributed by atoms with Crippen molar-refractivity contribution in [2.75, 3.05) is 11.4 Å².